The fourth-order valence-corrected chi connectivity index (χ4v) is 2.53. The van der Waals surface area contributed by atoms with E-state index in [4.69, 9.17) is 20.8 Å². The summed E-state index contributed by atoms with van der Waals surface area (Å²) >= 11 is 5.84. The maximum atomic E-state index is 12.1. The Kier molecular flexibility index (Phi) is 6.70. The predicted octanol–water partition coefficient (Wildman–Crippen LogP) is 3.91. The molecule has 0 aliphatic carbocycles. The van der Waals surface area contributed by atoms with Crippen LogP contribution in [0.1, 0.15) is 28.1 Å². The molecule has 7 heteroatoms. The zero-order chi connectivity index (χ0) is 19.8. The van der Waals surface area contributed by atoms with Crippen LogP contribution in [0.3, 0.4) is 0 Å². The lowest BCUT2D eigenvalue weighted by Gasteiger charge is -2.09. The molecule has 0 atom stereocenters. The fraction of sp³-hybridized carbons (Fsp3) is 0.143. The molecule has 2 N–H and O–H groups in total. The van der Waals surface area contributed by atoms with Gasteiger partial charge in [-0.25, -0.2) is 0 Å². The van der Waals surface area contributed by atoms with E-state index in [1.165, 1.54) is 0 Å². The van der Waals surface area contributed by atoms with Gasteiger partial charge in [0.1, 0.15) is 18.1 Å². The van der Waals surface area contributed by atoms with Gasteiger partial charge in [0.05, 0.1) is 6.26 Å². The summed E-state index contributed by atoms with van der Waals surface area (Å²) in [5.74, 6) is 0.746. The van der Waals surface area contributed by atoms with Gasteiger partial charge in [-0.2, -0.15) is 0 Å². The summed E-state index contributed by atoms with van der Waals surface area (Å²) in [6, 6.07) is 17.6. The summed E-state index contributed by atoms with van der Waals surface area (Å²) in [6.07, 6.45) is 2.24. The maximum Gasteiger partial charge on any atom is 0.269 e. The maximum absolute atomic E-state index is 12.1. The van der Waals surface area contributed by atoms with Gasteiger partial charge in [-0.3, -0.25) is 20.4 Å². The van der Waals surface area contributed by atoms with Gasteiger partial charge in [-0.15, -0.1) is 0 Å². The number of amides is 2. The Labute approximate surface area is 167 Å². The van der Waals surface area contributed by atoms with Crippen molar-refractivity contribution in [1.82, 2.24) is 10.9 Å². The molecule has 1 aromatic heterocycles. The molecule has 0 bridgehead atoms. The summed E-state index contributed by atoms with van der Waals surface area (Å²) in [6.45, 7) is 0.368. The van der Waals surface area contributed by atoms with Crippen molar-refractivity contribution in [3.63, 3.8) is 0 Å². The van der Waals surface area contributed by atoms with Crippen molar-refractivity contribution in [3.8, 4) is 5.75 Å². The van der Waals surface area contributed by atoms with Crippen molar-refractivity contribution in [2.24, 2.45) is 0 Å². The Hall–Kier alpha value is -3.25. The molecule has 0 saturated heterocycles. The average molecular weight is 399 g/mol. The Morgan fingerprint density at radius 3 is 2.39 bits per heavy atom. The van der Waals surface area contributed by atoms with Gasteiger partial charge in [0.25, 0.3) is 5.91 Å². The highest BCUT2D eigenvalue weighted by atomic mass is 35.5. The quantitative estimate of drug-likeness (QED) is 0.591. The second-order valence-electron chi connectivity index (χ2n) is 6.02. The average Bonchev–Trinajstić information content (AvgIpc) is 3.24. The highest BCUT2D eigenvalue weighted by Gasteiger charge is 2.08. The standard InChI is InChI=1S/C21H19ClN2O4/c22-17-7-9-19(10-8-17)28-14-15-3-5-16(6-4-15)21(26)24-23-20(25)12-11-18-2-1-13-27-18/h1-10,13H,11-12,14H2,(H,23,25)(H,24,26). The molecule has 0 aliphatic heterocycles. The summed E-state index contributed by atoms with van der Waals surface area (Å²) in [5.41, 5.74) is 6.14. The molecule has 1 heterocycles. The van der Waals surface area contributed by atoms with E-state index in [0.29, 0.717) is 29.4 Å². The van der Waals surface area contributed by atoms with Gasteiger partial charge in [0, 0.05) is 23.4 Å². The van der Waals surface area contributed by atoms with Crippen molar-refractivity contribution >= 4 is 23.4 Å². The Morgan fingerprint density at radius 1 is 0.964 bits per heavy atom. The molecule has 0 aliphatic rings. The van der Waals surface area contributed by atoms with Crippen LogP contribution in [-0.2, 0) is 17.8 Å². The molecule has 0 unspecified atom stereocenters. The highest BCUT2D eigenvalue weighted by Crippen LogP contribution is 2.17. The van der Waals surface area contributed by atoms with E-state index in [1.807, 2.05) is 0 Å². The first-order chi connectivity index (χ1) is 13.6. The van der Waals surface area contributed by atoms with Gasteiger partial charge >= 0.3 is 0 Å². The predicted molar refractivity (Wildman–Crippen MR) is 105 cm³/mol. The van der Waals surface area contributed by atoms with Crippen LogP contribution in [-0.4, -0.2) is 11.8 Å². The van der Waals surface area contributed by atoms with Gasteiger partial charge < -0.3 is 9.15 Å². The number of furan rings is 1. The molecule has 0 saturated carbocycles. The van der Waals surface area contributed by atoms with E-state index in [-0.39, 0.29) is 12.3 Å². The number of rotatable bonds is 7. The molecule has 3 aromatic rings. The van der Waals surface area contributed by atoms with E-state index in [1.54, 1.807) is 66.9 Å². The van der Waals surface area contributed by atoms with Crippen LogP contribution in [0, 0.1) is 0 Å². The van der Waals surface area contributed by atoms with E-state index >= 15 is 0 Å². The molecule has 144 valence electrons. The Bertz CT molecular complexity index is 907. The van der Waals surface area contributed by atoms with E-state index in [2.05, 4.69) is 10.9 Å². The number of hydrazine groups is 1. The lowest BCUT2D eigenvalue weighted by molar-refractivity contribution is -0.121. The number of nitrogens with one attached hydrogen (secondary N) is 2. The SMILES string of the molecule is O=C(CCc1ccco1)NNC(=O)c1ccc(COc2ccc(Cl)cc2)cc1. The van der Waals surface area contributed by atoms with Crippen LogP contribution in [0.25, 0.3) is 0 Å². The highest BCUT2D eigenvalue weighted by molar-refractivity contribution is 6.30. The first kappa shape index (κ1) is 19.5. The number of carbonyl (C=O) groups excluding carboxylic acids is 2. The van der Waals surface area contributed by atoms with Crippen LogP contribution in [0.2, 0.25) is 5.02 Å². The third kappa shape index (κ3) is 5.89. The normalized spacial score (nSPS) is 10.3. The second kappa shape index (κ2) is 9.62. The largest absolute Gasteiger partial charge is 0.489 e. The second-order valence-corrected chi connectivity index (χ2v) is 6.46. The zero-order valence-corrected chi connectivity index (χ0v) is 15.7. The first-order valence-electron chi connectivity index (χ1n) is 8.69. The summed E-state index contributed by atoms with van der Waals surface area (Å²) in [5, 5.41) is 0.649. The third-order valence-electron chi connectivity index (χ3n) is 3.93. The van der Waals surface area contributed by atoms with E-state index < -0.39 is 5.91 Å². The lowest BCUT2D eigenvalue weighted by Crippen LogP contribution is -2.41. The number of benzene rings is 2. The van der Waals surface area contributed by atoms with Gasteiger partial charge in [0.15, 0.2) is 0 Å². The van der Waals surface area contributed by atoms with E-state index in [0.717, 1.165) is 11.3 Å². The summed E-state index contributed by atoms with van der Waals surface area (Å²) in [4.78, 5) is 23.9. The zero-order valence-electron chi connectivity index (χ0n) is 15.0. The molecule has 0 spiro atoms. The molecular formula is C21H19ClN2O4. The van der Waals surface area contributed by atoms with Crippen molar-refractivity contribution in [2.45, 2.75) is 19.4 Å². The van der Waals surface area contributed by atoms with Gasteiger partial charge in [-0.05, 0) is 54.1 Å². The molecule has 0 radical (unpaired) electrons. The van der Waals surface area contributed by atoms with Crippen molar-refractivity contribution in [3.05, 3.63) is 88.8 Å². The Balaban J connectivity index is 1.42. The van der Waals surface area contributed by atoms with Crippen molar-refractivity contribution in [1.29, 1.82) is 0 Å². The van der Waals surface area contributed by atoms with Crippen molar-refractivity contribution in [2.75, 3.05) is 0 Å². The molecule has 2 aromatic carbocycles. The van der Waals surface area contributed by atoms with Gasteiger partial charge in [0.2, 0.25) is 5.91 Å². The minimum Gasteiger partial charge on any atom is -0.489 e. The molecular weight excluding hydrogens is 380 g/mol. The number of hydrogen-bond acceptors (Lipinski definition) is 4. The number of carbonyl (C=O) groups is 2. The molecule has 28 heavy (non-hydrogen) atoms. The molecule has 3 rings (SSSR count). The number of ether oxygens (including phenoxy) is 1. The smallest absolute Gasteiger partial charge is 0.269 e. The lowest BCUT2D eigenvalue weighted by atomic mass is 10.1. The van der Waals surface area contributed by atoms with E-state index in [9.17, 15) is 9.59 Å². The first-order valence-corrected chi connectivity index (χ1v) is 9.07. The van der Waals surface area contributed by atoms with Crippen LogP contribution >= 0.6 is 11.6 Å². The third-order valence-corrected chi connectivity index (χ3v) is 4.18. The summed E-state index contributed by atoms with van der Waals surface area (Å²) in [7, 11) is 0. The van der Waals surface area contributed by atoms with Crippen LogP contribution in [0.4, 0.5) is 0 Å². The molecule has 6 nitrogen and oxygen atoms in total. The van der Waals surface area contributed by atoms with Gasteiger partial charge in [-0.1, -0.05) is 23.7 Å². The van der Waals surface area contributed by atoms with Crippen LogP contribution < -0.4 is 15.6 Å². The molecule has 2 amide bonds. The Morgan fingerprint density at radius 2 is 1.71 bits per heavy atom. The fourth-order valence-electron chi connectivity index (χ4n) is 2.40. The number of aryl methyl sites for hydroxylation is 1. The minimum absolute atomic E-state index is 0.217. The van der Waals surface area contributed by atoms with Crippen LogP contribution in [0.5, 0.6) is 5.75 Å². The van der Waals surface area contributed by atoms with Crippen molar-refractivity contribution < 1.29 is 18.7 Å². The number of hydrogen-bond donors (Lipinski definition) is 2. The van der Waals surface area contributed by atoms with Crippen LogP contribution in [0.15, 0.2) is 71.3 Å². The minimum atomic E-state index is -0.392. The number of halogens is 1. The topological polar surface area (TPSA) is 80.6 Å². The monoisotopic (exact) mass is 398 g/mol. The summed E-state index contributed by atoms with van der Waals surface area (Å²) < 4.78 is 10.8. The molecule has 0 fully saturated rings.